The molecule has 12 heavy (non-hydrogen) atoms. The van der Waals surface area contributed by atoms with E-state index >= 15 is 0 Å². The maximum absolute atomic E-state index is 9.38. The SMILES string of the molecule is C=CC1(O)O[C@H](CO)[C@@H](O)[C@H]1O. The quantitative estimate of drug-likeness (QED) is 0.364. The predicted octanol–water partition coefficient (Wildman–Crippen LogP) is -2.03. The topological polar surface area (TPSA) is 90.2 Å². The zero-order chi connectivity index (χ0) is 9.35. The lowest BCUT2D eigenvalue weighted by Gasteiger charge is -2.20. The van der Waals surface area contributed by atoms with E-state index < -0.39 is 30.7 Å². The van der Waals surface area contributed by atoms with Gasteiger partial charge >= 0.3 is 0 Å². The van der Waals surface area contributed by atoms with Crippen LogP contribution >= 0.6 is 0 Å². The van der Waals surface area contributed by atoms with Gasteiger partial charge < -0.3 is 25.2 Å². The molecule has 0 aromatic carbocycles. The van der Waals surface area contributed by atoms with Gasteiger partial charge in [0.2, 0.25) is 5.79 Å². The minimum Gasteiger partial charge on any atom is -0.394 e. The second-order valence-electron chi connectivity index (χ2n) is 2.73. The molecule has 5 heteroatoms. The van der Waals surface area contributed by atoms with Crippen LogP contribution < -0.4 is 0 Å². The number of aliphatic hydroxyl groups is 4. The molecule has 0 radical (unpaired) electrons. The highest BCUT2D eigenvalue weighted by molar-refractivity contribution is 5.04. The Morgan fingerprint density at radius 3 is 2.33 bits per heavy atom. The summed E-state index contributed by atoms with van der Waals surface area (Å²) in [4.78, 5) is 0. The summed E-state index contributed by atoms with van der Waals surface area (Å²) in [5.41, 5.74) is 0. The molecule has 1 fully saturated rings. The van der Waals surface area contributed by atoms with Crippen molar-refractivity contribution >= 4 is 0 Å². The van der Waals surface area contributed by atoms with Crippen LogP contribution in [0.5, 0.6) is 0 Å². The molecule has 1 aliphatic rings. The fourth-order valence-electron chi connectivity index (χ4n) is 1.14. The summed E-state index contributed by atoms with van der Waals surface area (Å²) in [7, 11) is 0. The average molecular weight is 176 g/mol. The molecular formula is C7H12O5. The summed E-state index contributed by atoms with van der Waals surface area (Å²) in [6, 6.07) is 0. The molecular weight excluding hydrogens is 164 g/mol. The number of hydrogen-bond acceptors (Lipinski definition) is 5. The van der Waals surface area contributed by atoms with Crippen molar-refractivity contribution in [2.24, 2.45) is 0 Å². The van der Waals surface area contributed by atoms with E-state index in [0.29, 0.717) is 0 Å². The Morgan fingerprint density at radius 2 is 2.08 bits per heavy atom. The predicted molar refractivity (Wildman–Crippen MR) is 39.1 cm³/mol. The number of rotatable bonds is 2. The maximum Gasteiger partial charge on any atom is 0.215 e. The van der Waals surface area contributed by atoms with Crippen LogP contribution in [0, 0.1) is 0 Å². The highest BCUT2D eigenvalue weighted by Crippen LogP contribution is 2.29. The van der Waals surface area contributed by atoms with Crippen LogP contribution in [0.15, 0.2) is 12.7 Å². The van der Waals surface area contributed by atoms with Gasteiger partial charge in [0.15, 0.2) is 0 Å². The standard InChI is InChI=1S/C7H12O5/c1-2-7(11)6(10)5(9)4(3-8)12-7/h2,4-6,8-11H,1,3H2/t4-,5-,6-,7?/m1/s1. The average Bonchev–Trinajstić information content (AvgIpc) is 2.31. The van der Waals surface area contributed by atoms with Gasteiger partial charge in [-0.15, -0.1) is 0 Å². The van der Waals surface area contributed by atoms with Crippen LogP contribution in [0.4, 0.5) is 0 Å². The molecule has 0 aliphatic carbocycles. The molecule has 0 aromatic rings. The fraction of sp³-hybridized carbons (Fsp3) is 0.714. The first-order valence-corrected chi connectivity index (χ1v) is 3.56. The molecule has 70 valence electrons. The fourth-order valence-corrected chi connectivity index (χ4v) is 1.14. The van der Waals surface area contributed by atoms with Crippen molar-refractivity contribution in [1.29, 1.82) is 0 Å². The molecule has 0 amide bonds. The Morgan fingerprint density at radius 1 is 1.50 bits per heavy atom. The first kappa shape index (κ1) is 9.63. The highest BCUT2D eigenvalue weighted by atomic mass is 16.7. The normalized spacial score (nSPS) is 47.8. The molecule has 0 bridgehead atoms. The number of ether oxygens (including phenoxy) is 1. The van der Waals surface area contributed by atoms with E-state index in [-0.39, 0.29) is 0 Å². The van der Waals surface area contributed by atoms with E-state index in [1.165, 1.54) is 0 Å². The van der Waals surface area contributed by atoms with E-state index in [4.69, 9.17) is 9.84 Å². The van der Waals surface area contributed by atoms with Crippen LogP contribution in [0.1, 0.15) is 0 Å². The van der Waals surface area contributed by atoms with Gasteiger partial charge in [0.1, 0.15) is 18.3 Å². The van der Waals surface area contributed by atoms with Crippen molar-refractivity contribution in [3.05, 3.63) is 12.7 Å². The molecule has 0 spiro atoms. The second kappa shape index (κ2) is 3.12. The molecule has 4 atom stereocenters. The van der Waals surface area contributed by atoms with E-state index in [9.17, 15) is 15.3 Å². The van der Waals surface area contributed by atoms with Gasteiger partial charge in [-0.25, -0.2) is 0 Å². The second-order valence-corrected chi connectivity index (χ2v) is 2.73. The third-order valence-electron chi connectivity index (χ3n) is 1.94. The van der Waals surface area contributed by atoms with E-state index in [0.717, 1.165) is 6.08 Å². The largest absolute Gasteiger partial charge is 0.394 e. The summed E-state index contributed by atoms with van der Waals surface area (Å²) in [6.45, 7) is 2.78. The van der Waals surface area contributed by atoms with E-state index in [2.05, 4.69) is 6.58 Å². The molecule has 1 aliphatic heterocycles. The summed E-state index contributed by atoms with van der Waals surface area (Å²) >= 11 is 0. The van der Waals surface area contributed by atoms with Crippen molar-refractivity contribution in [1.82, 2.24) is 0 Å². The summed E-state index contributed by atoms with van der Waals surface area (Å²) in [5, 5.41) is 36.4. The smallest absolute Gasteiger partial charge is 0.215 e. The molecule has 4 N–H and O–H groups in total. The molecule has 1 saturated heterocycles. The van der Waals surface area contributed by atoms with Gasteiger partial charge in [0, 0.05) is 0 Å². The maximum atomic E-state index is 9.38. The summed E-state index contributed by atoms with van der Waals surface area (Å²) in [6.07, 6.45) is -2.75. The van der Waals surface area contributed by atoms with E-state index in [1.807, 2.05) is 0 Å². The first-order chi connectivity index (χ1) is 5.55. The Hall–Kier alpha value is -0.460. The third kappa shape index (κ3) is 1.26. The van der Waals surface area contributed by atoms with Crippen molar-refractivity contribution in [2.75, 3.05) is 6.61 Å². The Kier molecular flexibility index (Phi) is 2.50. The number of hydrogen-bond donors (Lipinski definition) is 4. The van der Waals surface area contributed by atoms with E-state index in [1.54, 1.807) is 0 Å². The van der Waals surface area contributed by atoms with Gasteiger partial charge in [0.25, 0.3) is 0 Å². The lowest BCUT2D eigenvalue weighted by atomic mass is 10.1. The van der Waals surface area contributed by atoms with Gasteiger partial charge in [-0.05, 0) is 6.08 Å². The van der Waals surface area contributed by atoms with Crippen LogP contribution in [-0.2, 0) is 4.74 Å². The zero-order valence-corrected chi connectivity index (χ0v) is 6.42. The first-order valence-electron chi connectivity index (χ1n) is 3.56. The van der Waals surface area contributed by atoms with Crippen LogP contribution in [0.25, 0.3) is 0 Å². The zero-order valence-electron chi connectivity index (χ0n) is 6.42. The van der Waals surface area contributed by atoms with Crippen molar-refractivity contribution in [3.63, 3.8) is 0 Å². The van der Waals surface area contributed by atoms with Crippen molar-refractivity contribution < 1.29 is 25.2 Å². The lowest BCUT2D eigenvalue weighted by Crippen LogP contribution is -2.41. The molecule has 0 aromatic heterocycles. The third-order valence-corrected chi connectivity index (χ3v) is 1.94. The van der Waals surface area contributed by atoms with Gasteiger partial charge in [-0.2, -0.15) is 0 Å². The lowest BCUT2D eigenvalue weighted by molar-refractivity contribution is -0.195. The highest BCUT2D eigenvalue weighted by Gasteiger charge is 2.51. The molecule has 0 saturated carbocycles. The van der Waals surface area contributed by atoms with Crippen LogP contribution in [-0.4, -0.2) is 51.1 Å². The van der Waals surface area contributed by atoms with Gasteiger partial charge in [-0.1, -0.05) is 6.58 Å². The van der Waals surface area contributed by atoms with Crippen molar-refractivity contribution in [3.8, 4) is 0 Å². The minimum absolute atomic E-state index is 0.464. The Balaban J connectivity index is 2.79. The van der Waals surface area contributed by atoms with Gasteiger partial charge in [-0.3, -0.25) is 0 Å². The van der Waals surface area contributed by atoms with Crippen LogP contribution in [0.3, 0.4) is 0 Å². The van der Waals surface area contributed by atoms with Crippen LogP contribution in [0.2, 0.25) is 0 Å². The summed E-state index contributed by atoms with van der Waals surface area (Å²) in [5.74, 6) is -1.95. The monoisotopic (exact) mass is 176 g/mol. The molecule has 5 nitrogen and oxygen atoms in total. The van der Waals surface area contributed by atoms with Crippen molar-refractivity contribution in [2.45, 2.75) is 24.1 Å². The van der Waals surface area contributed by atoms with Gasteiger partial charge in [0.05, 0.1) is 6.61 Å². The Labute approximate surface area is 69.5 Å². The number of aliphatic hydroxyl groups excluding tert-OH is 3. The molecule has 1 rings (SSSR count). The minimum atomic E-state index is -1.95. The summed E-state index contributed by atoms with van der Waals surface area (Å²) < 4.78 is 4.76. The molecule has 1 heterocycles. The molecule has 1 unspecified atom stereocenters. The Bertz CT molecular complexity index is 183.